The summed E-state index contributed by atoms with van der Waals surface area (Å²) in [6.07, 6.45) is 4.62. The number of hydrogen-bond acceptors (Lipinski definition) is 3. The molecule has 3 rings (SSSR count). The molecule has 1 fully saturated rings. The summed E-state index contributed by atoms with van der Waals surface area (Å²) in [4.78, 5) is 0. The zero-order valence-electron chi connectivity index (χ0n) is 11.5. The minimum atomic E-state index is 0.713. The van der Waals surface area contributed by atoms with E-state index in [1.165, 1.54) is 12.8 Å². The molecule has 20 heavy (non-hydrogen) atoms. The standard InChI is InChI=1S/C15H18BrN3O/c1-20-15-5-2-12(16)8-11(15)10-19-7-6-14(18-19)9-17-13-3-4-13/h2,5-8,13,17H,3-4,9-10H2,1H3. The zero-order valence-corrected chi connectivity index (χ0v) is 13.1. The lowest BCUT2D eigenvalue weighted by Crippen LogP contribution is -2.16. The molecule has 2 aromatic rings. The molecule has 0 bridgehead atoms. The monoisotopic (exact) mass is 335 g/mol. The van der Waals surface area contributed by atoms with Gasteiger partial charge in [-0.05, 0) is 37.1 Å². The molecular formula is C15H18BrN3O. The van der Waals surface area contributed by atoms with Crippen LogP contribution in [0.3, 0.4) is 0 Å². The predicted molar refractivity (Wildman–Crippen MR) is 81.9 cm³/mol. The van der Waals surface area contributed by atoms with E-state index in [0.29, 0.717) is 12.6 Å². The third kappa shape index (κ3) is 3.41. The normalized spacial score (nSPS) is 14.5. The van der Waals surface area contributed by atoms with Gasteiger partial charge in [0.1, 0.15) is 5.75 Å². The fraction of sp³-hybridized carbons (Fsp3) is 0.400. The van der Waals surface area contributed by atoms with Gasteiger partial charge in [-0.1, -0.05) is 15.9 Å². The molecule has 1 aromatic heterocycles. The molecule has 0 aliphatic heterocycles. The Hall–Kier alpha value is -1.33. The molecule has 1 heterocycles. The van der Waals surface area contributed by atoms with E-state index in [4.69, 9.17) is 4.74 Å². The lowest BCUT2D eigenvalue weighted by Gasteiger charge is -2.09. The van der Waals surface area contributed by atoms with Gasteiger partial charge in [-0.25, -0.2) is 0 Å². The smallest absolute Gasteiger partial charge is 0.124 e. The van der Waals surface area contributed by atoms with Gasteiger partial charge < -0.3 is 10.1 Å². The van der Waals surface area contributed by atoms with Gasteiger partial charge >= 0.3 is 0 Å². The van der Waals surface area contributed by atoms with E-state index in [0.717, 1.165) is 28.0 Å². The predicted octanol–water partition coefficient (Wildman–Crippen LogP) is 2.95. The number of halogens is 1. The van der Waals surface area contributed by atoms with E-state index in [1.807, 2.05) is 23.0 Å². The molecule has 1 aliphatic rings. The topological polar surface area (TPSA) is 39.1 Å². The molecule has 0 spiro atoms. The molecule has 0 unspecified atom stereocenters. The number of aromatic nitrogens is 2. The molecule has 106 valence electrons. The Morgan fingerprint density at radius 3 is 3.00 bits per heavy atom. The molecule has 0 atom stereocenters. The second kappa shape index (κ2) is 5.97. The van der Waals surface area contributed by atoms with Crippen LogP contribution in [-0.2, 0) is 13.1 Å². The summed E-state index contributed by atoms with van der Waals surface area (Å²) < 4.78 is 8.40. The summed E-state index contributed by atoms with van der Waals surface area (Å²) in [7, 11) is 1.70. The van der Waals surface area contributed by atoms with Crippen molar-refractivity contribution in [2.24, 2.45) is 0 Å². The molecule has 1 aliphatic carbocycles. The van der Waals surface area contributed by atoms with E-state index in [1.54, 1.807) is 7.11 Å². The molecule has 0 amide bonds. The van der Waals surface area contributed by atoms with Crippen LogP contribution >= 0.6 is 15.9 Å². The molecule has 1 saturated carbocycles. The Morgan fingerprint density at radius 1 is 1.40 bits per heavy atom. The first kappa shape index (κ1) is 13.6. The van der Waals surface area contributed by atoms with E-state index < -0.39 is 0 Å². The average Bonchev–Trinajstić information content (AvgIpc) is 3.17. The van der Waals surface area contributed by atoms with Crippen molar-refractivity contribution in [2.75, 3.05) is 7.11 Å². The van der Waals surface area contributed by atoms with E-state index in [9.17, 15) is 0 Å². The number of rotatable bonds is 6. The number of methoxy groups -OCH3 is 1. The molecule has 1 aromatic carbocycles. The van der Waals surface area contributed by atoms with Gasteiger partial charge in [-0.2, -0.15) is 5.10 Å². The van der Waals surface area contributed by atoms with Crippen molar-refractivity contribution in [3.8, 4) is 5.75 Å². The van der Waals surface area contributed by atoms with E-state index in [2.05, 4.69) is 38.5 Å². The zero-order chi connectivity index (χ0) is 13.9. The lowest BCUT2D eigenvalue weighted by atomic mass is 10.2. The fourth-order valence-electron chi connectivity index (χ4n) is 2.17. The van der Waals surface area contributed by atoms with Gasteiger partial charge in [0, 0.05) is 28.8 Å². The molecular weight excluding hydrogens is 318 g/mol. The van der Waals surface area contributed by atoms with Crippen LogP contribution in [0.15, 0.2) is 34.9 Å². The first-order valence-corrected chi connectivity index (χ1v) is 7.62. The van der Waals surface area contributed by atoms with Gasteiger partial charge in [0.25, 0.3) is 0 Å². The summed E-state index contributed by atoms with van der Waals surface area (Å²) in [5, 5.41) is 8.07. The van der Waals surface area contributed by atoms with Crippen LogP contribution in [0.1, 0.15) is 24.1 Å². The minimum Gasteiger partial charge on any atom is -0.496 e. The molecule has 0 saturated heterocycles. The number of ether oxygens (including phenoxy) is 1. The highest BCUT2D eigenvalue weighted by Crippen LogP contribution is 2.24. The third-order valence-electron chi connectivity index (χ3n) is 3.42. The maximum absolute atomic E-state index is 5.39. The molecule has 5 heteroatoms. The highest BCUT2D eigenvalue weighted by Gasteiger charge is 2.20. The van der Waals surface area contributed by atoms with Crippen molar-refractivity contribution in [3.63, 3.8) is 0 Å². The number of nitrogens with one attached hydrogen (secondary N) is 1. The Kier molecular flexibility index (Phi) is 4.08. The Morgan fingerprint density at radius 2 is 2.25 bits per heavy atom. The van der Waals surface area contributed by atoms with E-state index >= 15 is 0 Å². The van der Waals surface area contributed by atoms with Crippen molar-refractivity contribution >= 4 is 15.9 Å². The summed E-state index contributed by atoms with van der Waals surface area (Å²) >= 11 is 3.50. The minimum absolute atomic E-state index is 0.713. The van der Waals surface area contributed by atoms with Gasteiger partial charge in [0.15, 0.2) is 0 Å². The second-order valence-electron chi connectivity index (χ2n) is 5.12. The van der Waals surface area contributed by atoms with Crippen molar-refractivity contribution in [2.45, 2.75) is 32.0 Å². The molecule has 0 radical (unpaired) electrons. The molecule has 1 N–H and O–H groups in total. The van der Waals surface area contributed by atoms with Crippen molar-refractivity contribution in [1.29, 1.82) is 0 Å². The van der Waals surface area contributed by atoms with Gasteiger partial charge in [0.05, 0.1) is 19.3 Å². The molecule has 4 nitrogen and oxygen atoms in total. The van der Waals surface area contributed by atoms with Crippen LogP contribution in [0, 0.1) is 0 Å². The van der Waals surface area contributed by atoms with Crippen molar-refractivity contribution in [3.05, 3.63) is 46.2 Å². The maximum Gasteiger partial charge on any atom is 0.124 e. The quantitative estimate of drug-likeness (QED) is 0.882. The largest absolute Gasteiger partial charge is 0.496 e. The number of hydrogen-bond donors (Lipinski definition) is 1. The highest BCUT2D eigenvalue weighted by molar-refractivity contribution is 9.10. The summed E-state index contributed by atoms with van der Waals surface area (Å²) in [6, 6.07) is 8.81. The van der Waals surface area contributed by atoms with Gasteiger partial charge in [-0.3, -0.25) is 4.68 Å². The van der Waals surface area contributed by atoms with Crippen LogP contribution < -0.4 is 10.1 Å². The van der Waals surface area contributed by atoms with Crippen molar-refractivity contribution < 1.29 is 4.74 Å². The van der Waals surface area contributed by atoms with Crippen LogP contribution in [0.2, 0.25) is 0 Å². The Bertz CT molecular complexity index is 593. The SMILES string of the molecule is COc1ccc(Br)cc1Cn1ccc(CNC2CC2)n1. The van der Waals surface area contributed by atoms with Crippen molar-refractivity contribution in [1.82, 2.24) is 15.1 Å². The lowest BCUT2D eigenvalue weighted by molar-refractivity contribution is 0.407. The first-order chi connectivity index (χ1) is 9.74. The van der Waals surface area contributed by atoms with Crippen LogP contribution in [0.5, 0.6) is 5.75 Å². The Labute approximate surface area is 127 Å². The summed E-state index contributed by atoms with van der Waals surface area (Å²) in [5.74, 6) is 0.890. The highest BCUT2D eigenvalue weighted by atomic mass is 79.9. The van der Waals surface area contributed by atoms with Crippen LogP contribution in [0.25, 0.3) is 0 Å². The number of nitrogens with zero attached hydrogens (tertiary/aromatic N) is 2. The Balaban J connectivity index is 1.68. The van der Waals surface area contributed by atoms with Crippen LogP contribution in [-0.4, -0.2) is 22.9 Å². The third-order valence-corrected chi connectivity index (χ3v) is 3.91. The number of benzene rings is 1. The fourth-order valence-corrected chi connectivity index (χ4v) is 2.58. The van der Waals surface area contributed by atoms with Gasteiger partial charge in [0.2, 0.25) is 0 Å². The summed E-state index contributed by atoms with van der Waals surface area (Å²) in [6.45, 7) is 1.57. The van der Waals surface area contributed by atoms with E-state index in [-0.39, 0.29) is 0 Å². The average molecular weight is 336 g/mol. The first-order valence-electron chi connectivity index (χ1n) is 6.83. The maximum atomic E-state index is 5.39. The van der Waals surface area contributed by atoms with Crippen LogP contribution in [0.4, 0.5) is 0 Å². The second-order valence-corrected chi connectivity index (χ2v) is 6.03. The summed E-state index contributed by atoms with van der Waals surface area (Å²) in [5.41, 5.74) is 2.21. The van der Waals surface area contributed by atoms with Gasteiger partial charge in [-0.15, -0.1) is 0 Å².